The largest absolute Gasteiger partial charge is 0.288 e. The normalized spacial score (nSPS) is 12.9. The van der Waals surface area contributed by atoms with Gasteiger partial charge < -0.3 is 0 Å². The van der Waals surface area contributed by atoms with Crippen molar-refractivity contribution in [2.24, 2.45) is 0 Å². The fraction of sp³-hybridized carbons (Fsp3) is 0.667. The first-order valence-corrected chi connectivity index (χ1v) is 17.4. The van der Waals surface area contributed by atoms with Crippen molar-refractivity contribution in [2.45, 2.75) is 129 Å². The first-order valence-electron chi connectivity index (χ1n) is 14.2. The van der Waals surface area contributed by atoms with E-state index >= 15 is 0 Å². The second-order valence-electron chi connectivity index (χ2n) is 10.2. The van der Waals surface area contributed by atoms with E-state index < -0.39 is 0 Å². The number of thiophene rings is 2. The van der Waals surface area contributed by atoms with Crippen molar-refractivity contribution in [2.75, 3.05) is 0 Å². The van der Waals surface area contributed by atoms with Crippen LogP contribution in [-0.4, -0.2) is 11.6 Å². The number of carbonyl (C=O) groups excluding carboxylic acids is 2. The Kier molecular flexibility index (Phi) is 13.4. The fourth-order valence-corrected chi connectivity index (χ4v) is 9.75. The maximum Gasteiger partial charge on any atom is 0.197 e. The van der Waals surface area contributed by atoms with Gasteiger partial charge in [-0.05, 0) is 57.5 Å². The molecule has 0 saturated heterocycles. The van der Waals surface area contributed by atoms with Gasteiger partial charge in [0.1, 0.15) is 0 Å². The molecule has 0 N–H and O–H groups in total. The molecule has 0 radical (unpaired) electrons. The molecule has 0 atom stereocenters. The molecular formula is C30H42Br2O2S2. The lowest BCUT2D eigenvalue weighted by Gasteiger charge is -2.15. The standard InChI is InChI=1S/C30H42Br2O2S2/c1-3-5-7-9-11-13-15-17-19-21-23-24(22(35-21)20-18-16-14-12-10-8-6-4-2)28(34)26-25(27(23)33)29(31)36-30(26)32/h3-20H2,1-2H3. The summed E-state index contributed by atoms with van der Waals surface area (Å²) in [7, 11) is 0. The molecule has 3 rings (SSSR count). The second kappa shape index (κ2) is 16.0. The summed E-state index contributed by atoms with van der Waals surface area (Å²) in [6, 6.07) is 0. The second-order valence-corrected chi connectivity index (χ2v) is 15.1. The molecular weight excluding hydrogens is 616 g/mol. The molecule has 6 heteroatoms. The number of unbranched alkanes of at least 4 members (excludes halogenated alkanes) is 14. The van der Waals surface area contributed by atoms with Crippen molar-refractivity contribution in [3.63, 3.8) is 0 Å². The molecule has 2 aromatic heterocycles. The van der Waals surface area contributed by atoms with E-state index in [-0.39, 0.29) is 11.6 Å². The summed E-state index contributed by atoms with van der Waals surface area (Å²) in [5.74, 6) is 0.0860. The molecule has 0 spiro atoms. The summed E-state index contributed by atoms with van der Waals surface area (Å²) < 4.78 is 1.53. The molecule has 0 aromatic carbocycles. The van der Waals surface area contributed by atoms with E-state index in [0.29, 0.717) is 11.1 Å². The van der Waals surface area contributed by atoms with Crippen LogP contribution >= 0.6 is 54.5 Å². The van der Waals surface area contributed by atoms with Gasteiger partial charge in [0.2, 0.25) is 0 Å². The van der Waals surface area contributed by atoms with E-state index in [4.69, 9.17) is 0 Å². The SMILES string of the molecule is CCCCCCCCCCc1sc(CCCCCCCCCC)c2c1C(=O)c1c(Br)sc(Br)c1C2=O. The van der Waals surface area contributed by atoms with Crippen LogP contribution in [0.1, 0.15) is 158 Å². The van der Waals surface area contributed by atoms with Gasteiger partial charge in [0.25, 0.3) is 0 Å². The van der Waals surface area contributed by atoms with Gasteiger partial charge in [0.05, 0.1) is 18.7 Å². The van der Waals surface area contributed by atoms with Gasteiger partial charge in [-0.25, -0.2) is 0 Å². The highest BCUT2D eigenvalue weighted by Crippen LogP contribution is 2.46. The third-order valence-corrected chi connectivity index (χ3v) is 11.1. The van der Waals surface area contributed by atoms with Gasteiger partial charge in [-0.2, -0.15) is 0 Å². The van der Waals surface area contributed by atoms with Crippen molar-refractivity contribution in [3.05, 3.63) is 39.6 Å². The Morgan fingerprint density at radius 3 is 1.17 bits per heavy atom. The predicted octanol–water partition coefficient (Wildman–Crippen LogP) is 11.5. The van der Waals surface area contributed by atoms with Crippen LogP contribution in [0.3, 0.4) is 0 Å². The zero-order chi connectivity index (χ0) is 25.9. The number of fused-ring (bicyclic) bond motifs is 2. The maximum absolute atomic E-state index is 13.7. The average molecular weight is 659 g/mol. The molecule has 0 unspecified atom stereocenters. The number of ketones is 2. The molecule has 2 heterocycles. The molecule has 0 bridgehead atoms. The molecule has 0 saturated carbocycles. The van der Waals surface area contributed by atoms with Crippen LogP contribution in [0, 0.1) is 0 Å². The van der Waals surface area contributed by atoms with E-state index in [0.717, 1.165) is 54.1 Å². The van der Waals surface area contributed by atoms with Crippen molar-refractivity contribution in [1.29, 1.82) is 0 Å². The Morgan fingerprint density at radius 2 is 0.806 bits per heavy atom. The number of hydrogen-bond acceptors (Lipinski definition) is 4. The topological polar surface area (TPSA) is 34.1 Å². The van der Waals surface area contributed by atoms with E-state index in [1.807, 2.05) is 0 Å². The summed E-state index contributed by atoms with van der Waals surface area (Å²) in [6.07, 6.45) is 22.2. The molecule has 0 fully saturated rings. The molecule has 2 nitrogen and oxygen atoms in total. The lowest BCUT2D eigenvalue weighted by Crippen LogP contribution is -2.20. The van der Waals surface area contributed by atoms with E-state index in [1.165, 1.54) is 101 Å². The molecule has 0 aliphatic heterocycles. The Hall–Kier alpha value is -0.300. The summed E-state index contributed by atoms with van der Waals surface area (Å²) in [5.41, 5.74) is 2.58. The highest BCUT2D eigenvalue weighted by atomic mass is 79.9. The Bertz CT molecular complexity index is 930. The summed E-state index contributed by atoms with van der Waals surface area (Å²) in [6.45, 7) is 4.51. The summed E-state index contributed by atoms with van der Waals surface area (Å²) in [5, 5.41) is 0. The summed E-state index contributed by atoms with van der Waals surface area (Å²) in [4.78, 5) is 29.6. The van der Waals surface area contributed by atoms with Crippen molar-refractivity contribution in [1.82, 2.24) is 0 Å². The monoisotopic (exact) mass is 656 g/mol. The first-order chi connectivity index (χ1) is 17.5. The molecule has 1 aliphatic rings. The summed E-state index contributed by atoms with van der Waals surface area (Å²) >= 11 is 10.3. The Balaban J connectivity index is 1.66. The lowest BCUT2D eigenvalue weighted by atomic mass is 9.85. The minimum absolute atomic E-state index is 0.0430. The zero-order valence-electron chi connectivity index (χ0n) is 22.1. The Labute approximate surface area is 243 Å². The van der Waals surface area contributed by atoms with Crippen LogP contribution in [0.5, 0.6) is 0 Å². The van der Waals surface area contributed by atoms with Gasteiger partial charge in [0.15, 0.2) is 11.6 Å². The minimum atomic E-state index is 0.0430. The van der Waals surface area contributed by atoms with Crippen molar-refractivity contribution in [3.8, 4) is 0 Å². The van der Waals surface area contributed by atoms with Gasteiger partial charge in [-0.3, -0.25) is 9.59 Å². The third-order valence-electron chi connectivity index (χ3n) is 7.30. The van der Waals surface area contributed by atoms with Crippen molar-refractivity contribution >= 4 is 66.1 Å². The number of carbonyl (C=O) groups is 2. The number of halogens is 2. The number of rotatable bonds is 18. The van der Waals surface area contributed by atoms with Gasteiger partial charge in [0, 0.05) is 20.9 Å². The molecule has 0 amide bonds. The van der Waals surface area contributed by atoms with E-state index in [2.05, 4.69) is 45.7 Å². The molecule has 36 heavy (non-hydrogen) atoms. The van der Waals surface area contributed by atoms with Gasteiger partial charge in [-0.15, -0.1) is 22.7 Å². The van der Waals surface area contributed by atoms with Gasteiger partial charge >= 0.3 is 0 Å². The minimum Gasteiger partial charge on any atom is -0.288 e. The number of aryl methyl sites for hydroxylation is 2. The van der Waals surface area contributed by atoms with E-state index in [1.54, 1.807) is 11.3 Å². The van der Waals surface area contributed by atoms with Crippen LogP contribution in [0.4, 0.5) is 0 Å². The van der Waals surface area contributed by atoms with Crippen LogP contribution in [0.25, 0.3) is 0 Å². The first kappa shape index (κ1) is 30.2. The molecule has 200 valence electrons. The van der Waals surface area contributed by atoms with Crippen LogP contribution in [0.2, 0.25) is 0 Å². The van der Waals surface area contributed by atoms with Crippen LogP contribution in [-0.2, 0) is 12.8 Å². The van der Waals surface area contributed by atoms with E-state index in [9.17, 15) is 9.59 Å². The average Bonchev–Trinajstić information content (AvgIpc) is 3.38. The Morgan fingerprint density at radius 1 is 0.472 bits per heavy atom. The number of hydrogen-bond donors (Lipinski definition) is 0. The zero-order valence-corrected chi connectivity index (χ0v) is 26.9. The van der Waals surface area contributed by atoms with Crippen LogP contribution < -0.4 is 0 Å². The highest BCUT2D eigenvalue weighted by Gasteiger charge is 2.39. The highest BCUT2D eigenvalue weighted by molar-refractivity contribution is 9.12. The smallest absolute Gasteiger partial charge is 0.197 e. The van der Waals surface area contributed by atoms with Crippen LogP contribution in [0.15, 0.2) is 7.57 Å². The quantitative estimate of drug-likeness (QED) is 0.128. The van der Waals surface area contributed by atoms with Crippen molar-refractivity contribution < 1.29 is 9.59 Å². The molecule has 2 aromatic rings. The third kappa shape index (κ3) is 7.86. The lowest BCUT2D eigenvalue weighted by molar-refractivity contribution is 0.0978. The predicted molar refractivity (Wildman–Crippen MR) is 164 cm³/mol. The van der Waals surface area contributed by atoms with Gasteiger partial charge in [-0.1, -0.05) is 104 Å². The molecule has 1 aliphatic carbocycles. The maximum atomic E-state index is 13.7. The fourth-order valence-electron chi connectivity index (χ4n) is 5.23.